The van der Waals surface area contributed by atoms with Crippen LogP contribution in [-0.4, -0.2) is 17.5 Å². The number of anilines is 1. The number of amides is 1. The smallest absolute Gasteiger partial charge is 0.255 e. The first kappa shape index (κ1) is 20.7. The van der Waals surface area contributed by atoms with Crippen molar-refractivity contribution in [3.8, 4) is 5.75 Å². The summed E-state index contributed by atoms with van der Waals surface area (Å²) in [6.07, 6.45) is 0.596. The molecule has 1 heterocycles. The third-order valence-electron chi connectivity index (χ3n) is 5.12. The highest BCUT2D eigenvalue weighted by Crippen LogP contribution is 2.23. The van der Waals surface area contributed by atoms with Crippen LogP contribution in [0.1, 0.15) is 54.1 Å². The molecule has 1 amide bonds. The van der Waals surface area contributed by atoms with Crippen LogP contribution < -0.4 is 10.1 Å². The second kappa shape index (κ2) is 9.04. The van der Waals surface area contributed by atoms with Crippen LogP contribution in [0.25, 0.3) is 11.1 Å². The van der Waals surface area contributed by atoms with Crippen molar-refractivity contribution in [2.24, 2.45) is 0 Å². The fourth-order valence-electron chi connectivity index (χ4n) is 3.38. The zero-order valence-electron chi connectivity index (χ0n) is 18.0. The van der Waals surface area contributed by atoms with Crippen molar-refractivity contribution in [3.63, 3.8) is 0 Å². The van der Waals surface area contributed by atoms with Crippen LogP contribution in [0.15, 0.2) is 71.1 Å². The normalized spacial score (nSPS) is 11.1. The Kier molecular flexibility index (Phi) is 6.03. The molecular formula is C26H26N2O3. The summed E-state index contributed by atoms with van der Waals surface area (Å²) in [4.78, 5) is 17.1. The predicted molar refractivity (Wildman–Crippen MR) is 123 cm³/mol. The van der Waals surface area contributed by atoms with E-state index in [1.54, 1.807) is 24.3 Å². The van der Waals surface area contributed by atoms with Crippen LogP contribution in [0.5, 0.6) is 5.75 Å². The monoisotopic (exact) mass is 414 g/mol. The molecule has 0 bridgehead atoms. The van der Waals surface area contributed by atoms with E-state index < -0.39 is 0 Å². The Labute approximate surface area is 182 Å². The van der Waals surface area contributed by atoms with E-state index in [0.717, 1.165) is 28.1 Å². The molecule has 0 aliphatic carbocycles. The Balaban J connectivity index is 1.41. The molecule has 31 heavy (non-hydrogen) atoms. The maximum Gasteiger partial charge on any atom is 0.255 e. The van der Waals surface area contributed by atoms with Crippen LogP contribution in [-0.2, 0) is 6.42 Å². The molecule has 0 aliphatic rings. The summed E-state index contributed by atoms with van der Waals surface area (Å²) in [6, 6.07) is 21.0. The SMILES string of the molecule is CCOc1ccc(C(=O)Nc2ccc(Cc3nc4cc(C(C)C)ccc4o3)cc2)cc1. The number of hydrogen-bond donors (Lipinski definition) is 1. The highest BCUT2D eigenvalue weighted by molar-refractivity contribution is 6.04. The molecule has 5 nitrogen and oxygen atoms in total. The third kappa shape index (κ3) is 4.94. The number of nitrogens with zero attached hydrogens (tertiary/aromatic N) is 1. The van der Waals surface area contributed by atoms with Crippen LogP contribution in [0.2, 0.25) is 0 Å². The number of fused-ring (bicyclic) bond motifs is 1. The number of carbonyl (C=O) groups is 1. The van der Waals surface area contributed by atoms with Gasteiger partial charge >= 0.3 is 0 Å². The number of carbonyl (C=O) groups excluding carboxylic acids is 1. The van der Waals surface area contributed by atoms with Gasteiger partial charge in [0.15, 0.2) is 11.5 Å². The van der Waals surface area contributed by atoms with Crippen molar-refractivity contribution in [3.05, 3.63) is 89.3 Å². The minimum atomic E-state index is -0.157. The van der Waals surface area contributed by atoms with Gasteiger partial charge in [0.2, 0.25) is 0 Å². The second-order valence-corrected chi connectivity index (χ2v) is 7.77. The first-order valence-electron chi connectivity index (χ1n) is 10.5. The fraction of sp³-hybridized carbons (Fsp3) is 0.231. The van der Waals surface area contributed by atoms with Gasteiger partial charge in [0, 0.05) is 17.7 Å². The molecule has 5 heteroatoms. The Hall–Kier alpha value is -3.60. The van der Waals surface area contributed by atoms with Gasteiger partial charge in [-0.3, -0.25) is 4.79 Å². The second-order valence-electron chi connectivity index (χ2n) is 7.77. The molecular weight excluding hydrogens is 388 g/mol. The third-order valence-corrected chi connectivity index (χ3v) is 5.12. The van der Waals surface area contributed by atoms with Crippen LogP contribution in [0.4, 0.5) is 5.69 Å². The van der Waals surface area contributed by atoms with Gasteiger partial charge in [0.05, 0.1) is 6.61 Å². The zero-order chi connectivity index (χ0) is 21.8. The fourth-order valence-corrected chi connectivity index (χ4v) is 3.38. The summed E-state index contributed by atoms with van der Waals surface area (Å²) in [5.74, 6) is 1.73. The number of ether oxygens (including phenoxy) is 1. The Morgan fingerprint density at radius 1 is 1.03 bits per heavy atom. The van der Waals surface area contributed by atoms with Crippen molar-refractivity contribution in [2.75, 3.05) is 11.9 Å². The van der Waals surface area contributed by atoms with Crippen molar-refractivity contribution in [1.82, 2.24) is 4.98 Å². The average molecular weight is 415 g/mol. The van der Waals surface area contributed by atoms with E-state index in [1.807, 2.05) is 37.3 Å². The summed E-state index contributed by atoms with van der Waals surface area (Å²) in [5.41, 5.74) is 5.33. The van der Waals surface area contributed by atoms with Crippen molar-refractivity contribution < 1.29 is 13.9 Å². The number of oxazole rings is 1. The lowest BCUT2D eigenvalue weighted by atomic mass is 10.0. The highest BCUT2D eigenvalue weighted by atomic mass is 16.5. The van der Waals surface area contributed by atoms with Gasteiger partial charge in [0.1, 0.15) is 11.3 Å². The quantitative estimate of drug-likeness (QED) is 0.391. The number of benzene rings is 3. The Morgan fingerprint density at radius 3 is 2.45 bits per heavy atom. The average Bonchev–Trinajstić information content (AvgIpc) is 3.17. The molecule has 0 unspecified atom stereocenters. The summed E-state index contributed by atoms with van der Waals surface area (Å²) >= 11 is 0. The van der Waals surface area contributed by atoms with Gasteiger partial charge in [0.25, 0.3) is 5.91 Å². The zero-order valence-corrected chi connectivity index (χ0v) is 18.0. The maximum atomic E-state index is 12.5. The topological polar surface area (TPSA) is 64.4 Å². The molecule has 1 aromatic heterocycles. The molecule has 0 atom stereocenters. The van der Waals surface area contributed by atoms with E-state index in [1.165, 1.54) is 5.56 Å². The van der Waals surface area contributed by atoms with E-state index >= 15 is 0 Å². The van der Waals surface area contributed by atoms with Gasteiger partial charge in [-0.15, -0.1) is 0 Å². The largest absolute Gasteiger partial charge is 0.494 e. The molecule has 4 rings (SSSR count). The molecule has 3 aromatic carbocycles. The van der Waals surface area contributed by atoms with Crippen molar-refractivity contribution in [2.45, 2.75) is 33.1 Å². The molecule has 0 radical (unpaired) electrons. The Bertz CT molecular complexity index is 1180. The highest BCUT2D eigenvalue weighted by Gasteiger charge is 2.10. The van der Waals surface area contributed by atoms with E-state index in [4.69, 9.17) is 9.15 Å². The minimum absolute atomic E-state index is 0.157. The van der Waals surface area contributed by atoms with Crippen LogP contribution >= 0.6 is 0 Å². The molecule has 0 saturated carbocycles. The first-order valence-corrected chi connectivity index (χ1v) is 10.5. The summed E-state index contributed by atoms with van der Waals surface area (Å²) < 4.78 is 11.3. The minimum Gasteiger partial charge on any atom is -0.494 e. The standard InChI is InChI=1S/C26H26N2O3/c1-4-30-22-12-7-19(8-13-22)26(29)27-21-10-5-18(6-11-21)15-25-28-23-16-20(17(2)3)9-14-24(23)31-25/h5-14,16-17H,4,15H2,1-3H3,(H,27,29). The first-order chi connectivity index (χ1) is 15.0. The van der Waals surface area contributed by atoms with Crippen molar-refractivity contribution in [1.29, 1.82) is 0 Å². The molecule has 1 N–H and O–H groups in total. The van der Waals surface area contributed by atoms with E-state index in [9.17, 15) is 4.79 Å². The van der Waals surface area contributed by atoms with Gasteiger partial charge in [-0.25, -0.2) is 4.98 Å². The van der Waals surface area contributed by atoms with Crippen molar-refractivity contribution >= 4 is 22.7 Å². The number of aromatic nitrogens is 1. The lowest BCUT2D eigenvalue weighted by Gasteiger charge is -2.07. The van der Waals surface area contributed by atoms with Gasteiger partial charge in [-0.05, 0) is 72.5 Å². The number of hydrogen-bond acceptors (Lipinski definition) is 4. The van der Waals surface area contributed by atoms with Crippen LogP contribution in [0, 0.1) is 0 Å². The molecule has 158 valence electrons. The van der Waals surface area contributed by atoms with E-state index in [-0.39, 0.29) is 5.91 Å². The van der Waals surface area contributed by atoms with Gasteiger partial charge < -0.3 is 14.5 Å². The van der Waals surface area contributed by atoms with Gasteiger partial charge in [-0.1, -0.05) is 32.0 Å². The van der Waals surface area contributed by atoms with E-state index in [0.29, 0.717) is 30.4 Å². The lowest BCUT2D eigenvalue weighted by Crippen LogP contribution is -2.11. The maximum absolute atomic E-state index is 12.5. The number of rotatable bonds is 7. The lowest BCUT2D eigenvalue weighted by molar-refractivity contribution is 0.102. The molecule has 0 fully saturated rings. The summed E-state index contributed by atoms with van der Waals surface area (Å²) in [7, 11) is 0. The summed E-state index contributed by atoms with van der Waals surface area (Å²) in [6.45, 7) is 6.86. The molecule has 0 spiro atoms. The molecule has 0 saturated heterocycles. The van der Waals surface area contributed by atoms with Crippen LogP contribution in [0.3, 0.4) is 0 Å². The number of nitrogens with one attached hydrogen (secondary N) is 1. The molecule has 0 aliphatic heterocycles. The van der Waals surface area contributed by atoms with E-state index in [2.05, 4.69) is 36.3 Å². The summed E-state index contributed by atoms with van der Waals surface area (Å²) in [5, 5.41) is 2.92. The Morgan fingerprint density at radius 2 is 1.77 bits per heavy atom. The molecule has 4 aromatic rings. The van der Waals surface area contributed by atoms with Gasteiger partial charge in [-0.2, -0.15) is 0 Å². The predicted octanol–water partition coefficient (Wildman–Crippen LogP) is 6.19.